The summed E-state index contributed by atoms with van der Waals surface area (Å²) in [4.78, 5) is 22.2. The molecule has 36 heavy (non-hydrogen) atoms. The van der Waals surface area contributed by atoms with E-state index in [0.29, 0.717) is 50.4 Å². The monoisotopic (exact) mass is 507 g/mol. The molecule has 0 atom stereocenters. The van der Waals surface area contributed by atoms with E-state index in [2.05, 4.69) is 20.2 Å². The van der Waals surface area contributed by atoms with Gasteiger partial charge in [0.15, 0.2) is 5.78 Å². The third-order valence-electron chi connectivity index (χ3n) is 6.63. The van der Waals surface area contributed by atoms with Gasteiger partial charge in [0.1, 0.15) is 5.65 Å². The van der Waals surface area contributed by atoms with Crippen LogP contribution in [-0.4, -0.2) is 77.8 Å². The van der Waals surface area contributed by atoms with Crippen LogP contribution in [0.1, 0.15) is 23.7 Å². The maximum Gasteiger partial charge on any atom is 0.243 e. The highest BCUT2D eigenvalue weighted by Crippen LogP contribution is 2.34. The Balaban J connectivity index is 1.51. The second kappa shape index (κ2) is 9.98. The van der Waals surface area contributed by atoms with Crippen LogP contribution in [0.15, 0.2) is 59.6 Å². The lowest BCUT2D eigenvalue weighted by molar-refractivity contribution is 0.0988. The van der Waals surface area contributed by atoms with Gasteiger partial charge in [-0.25, -0.2) is 13.4 Å². The van der Waals surface area contributed by atoms with Crippen molar-refractivity contribution in [3.63, 3.8) is 0 Å². The standard InChI is InChI=1S/C26H29N5O4S/c1-2-24(33)18-4-3-5-19(16-18)28-23-8-9-27-26-25(23)21-17-20(6-7-22(21)29-26)36(34,35)31-12-10-30(11-13-31)14-15-32/h3-9,16-17,32H,2,10-15H2,1H3,(H2,27,28,29). The first-order chi connectivity index (χ1) is 17.4. The number of nitrogens with one attached hydrogen (secondary N) is 2. The lowest BCUT2D eigenvalue weighted by Crippen LogP contribution is -2.49. The Bertz CT molecular complexity index is 1520. The molecule has 2 aromatic carbocycles. The lowest BCUT2D eigenvalue weighted by Gasteiger charge is -2.33. The molecule has 188 valence electrons. The van der Waals surface area contributed by atoms with Crippen molar-refractivity contribution in [1.29, 1.82) is 0 Å². The zero-order valence-electron chi connectivity index (χ0n) is 20.1. The molecule has 0 spiro atoms. The van der Waals surface area contributed by atoms with Crippen LogP contribution in [0.5, 0.6) is 0 Å². The summed E-state index contributed by atoms with van der Waals surface area (Å²) in [5.41, 5.74) is 3.59. The molecule has 5 rings (SSSR count). The average Bonchev–Trinajstić information content (AvgIpc) is 3.28. The first-order valence-corrected chi connectivity index (χ1v) is 13.5. The Morgan fingerprint density at radius 3 is 2.67 bits per heavy atom. The van der Waals surface area contributed by atoms with Gasteiger partial charge in [-0.1, -0.05) is 19.1 Å². The van der Waals surface area contributed by atoms with Gasteiger partial charge in [-0.15, -0.1) is 0 Å². The van der Waals surface area contributed by atoms with Crippen molar-refractivity contribution in [2.45, 2.75) is 18.2 Å². The highest BCUT2D eigenvalue weighted by Gasteiger charge is 2.29. The molecule has 1 fully saturated rings. The summed E-state index contributed by atoms with van der Waals surface area (Å²) >= 11 is 0. The third-order valence-corrected chi connectivity index (χ3v) is 8.53. The number of rotatable bonds is 8. The molecule has 0 unspecified atom stereocenters. The Morgan fingerprint density at radius 2 is 1.92 bits per heavy atom. The molecular formula is C26H29N5O4S. The number of carbonyl (C=O) groups excluding carboxylic acids is 1. The van der Waals surface area contributed by atoms with E-state index < -0.39 is 10.0 Å². The highest BCUT2D eigenvalue weighted by atomic mass is 32.2. The molecule has 0 amide bonds. The molecule has 10 heteroatoms. The van der Waals surface area contributed by atoms with Crippen molar-refractivity contribution in [3.8, 4) is 0 Å². The van der Waals surface area contributed by atoms with E-state index in [-0.39, 0.29) is 17.3 Å². The van der Waals surface area contributed by atoms with Gasteiger partial charge < -0.3 is 15.4 Å². The van der Waals surface area contributed by atoms with Crippen molar-refractivity contribution in [1.82, 2.24) is 19.2 Å². The zero-order valence-corrected chi connectivity index (χ0v) is 20.9. The minimum atomic E-state index is -3.68. The smallest absolute Gasteiger partial charge is 0.243 e. The number of Topliss-reactive ketones (excluding diaryl/α,β-unsaturated/α-hetero) is 1. The van der Waals surface area contributed by atoms with Gasteiger partial charge in [-0.3, -0.25) is 9.69 Å². The number of benzene rings is 2. The van der Waals surface area contributed by atoms with E-state index in [9.17, 15) is 13.2 Å². The minimum Gasteiger partial charge on any atom is -0.395 e. The van der Waals surface area contributed by atoms with Crippen molar-refractivity contribution < 1.29 is 18.3 Å². The number of sulfonamides is 1. The minimum absolute atomic E-state index is 0.0631. The van der Waals surface area contributed by atoms with E-state index >= 15 is 0 Å². The van der Waals surface area contributed by atoms with Gasteiger partial charge in [0.25, 0.3) is 0 Å². The van der Waals surface area contributed by atoms with Crippen LogP contribution in [0.2, 0.25) is 0 Å². The summed E-state index contributed by atoms with van der Waals surface area (Å²) in [6, 6.07) is 14.3. The second-order valence-electron chi connectivity index (χ2n) is 8.87. The summed E-state index contributed by atoms with van der Waals surface area (Å²) < 4.78 is 28.4. The first kappa shape index (κ1) is 24.4. The summed E-state index contributed by atoms with van der Waals surface area (Å²) in [5, 5.41) is 14.1. The maximum absolute atomic E-state index is 13.4. The normalized spacial score (nSPS) is 15.5. The van der Waals surface area contributed by atoms with E-state index in [1.165, 1.54) is 4.31 Å². The van der Waals surface area contributed by atoms with Gasteiger partial charge in [0.2, 0.25) is 10.0 Å². The van der Waals surface area contributed by atoms with Crippen LogP contribution in [0, 0.1) is 0 Å². The Kier molecular flexibility index (Phi) is 6.76. The Hall–Kier alpha value is -3.31. The number of β-amino-alcohol motifs (C(OH)–C–C–N with tert-alkyl or cyclic N) is 1. The molecule has 9 nitrogen and oxygen atoms in total. The predicted molar refractivity (Wildman–Crippen MR) is 140 cm³/mol. The number of aromatic amines is 1. The number of aliphatic hydroxyl groups excluding tert-OH is 1. The molecular weight excluding hydrogens is 478 g/mol. The number of ketones is 1. The zero-order chi connectivity index (χ0) is 25.3. The molecule has 1 aliphatic rings. The van der Waals surface area contributed by atoms with Gasteiger partial charge in [0.05, 0.1) is 22.6 Å². The van der Waals surface area contributed by atoms with Crippen molar-refractivity contribution in [2.24, 2.45) is 0 Å². The fraction of sp³-hybridized carbons (Fsp3) is 0.308. The van der Waals surface area contributed by atoms with Crippen molar-refractivity contribution >= 4 is 49.1 Å². The van der Waals surface area contributed by atoms with Gasteiger partial charge >= 0.3 is 0 Å². The number of hydrogen-bond acceptors (Lipinski definition) is 7. The summed E-state index contributed by atoms with van der Waals surface area (Å²) in [6.07, 6.45) is 2.11. The fourth-order valence-corrected chi connectivity index (χ4v) is 6.12. The van der Waals surface area contributed by atoms with Crippen LogP contribution >= 0.6 is 0 Å². The molecule has 0 radical (unpaired) electrons. The second-order valence-corrected chi connectivity index (χ2v) is 10.8. The number of hydrogen-bond donors (Lipinski definition) is 3. The summed E-state index contributed by atoms with van der Waals surface area (Å²) in [7, 11) is -3.68. The van der Waals surface area contributed by atoms with E-state index in [1.807, 2.05) is 31.2 Å². The summed E-state index contributed by atoms with van der Waals surface area (Å²) in [6.45, 7) is 4.40. The number of H-pyrrole nitrogens is 1. The van der Waals surface area contributed by atoms with E-state index in [4.69, 9.17) is 5.11 Å². The molecule has 3 N–H and O–H groups in total. The van der Waals surface area contributed by atoms with Crippen LogP contribution in [0.25, 0.3) is 21.9 Å². The summed E-state index contributed by atoms with van der Waals surface area (Å²) in [5.74, 6) is 0.0673. The first-order valence-electron chi connectivity index (χ1n) is 12.0. The van der Waals surface area contributed by atoms with Crippen LogP contribution in [0.3, 0.4) is 0 Å². The molecule has 3 heterocycles. The SMILES string of the molecule is CCC(=O)c1cccc(Nc2ccnc3[nH]c4ccc(S(=O)(=O)N5CCN(CCO)CC5)cc4c23)c1. The number of carbonyl (C=O) groups is 1. The Morgan fingerprint density at radius 1 is 1.11 bits per heavy atom. The topological polar surface area (TPSA) is 119 Å². The molecule has 1 saturated heterocycles. The lowest BCUT2D eigenvalue weighted by atomic mass is 10.1. The number of aromatic nitrogens is 2. The van der Waals surface area contributed by atoms with E-state index in [0.717, 1.165) is 27.7 Å². The van der Waals surface area contributed by atoms with Crippen molar-refractivity contribution in [2.75, 3.05) is 44.6 Å². The number of fused-ring (bicyclic) bond motifs is 3. The van der Waals surface area contributed by atoms with Gasteiger partial charge in [-0.05, 0) is 36.4 Å². The fourth-order valence-electron chi connectivity index (χ4n) is 4.67. The molecule has 0 bridgehead atoms. The molecule has 2 aromatic heterocycles. The average molecular weight is 508 g/mol. The number of aliphatic hydroxyl groups is 1. The van der Waals surface area contributed by atoms with Crippen molar-refractivity contribution in [3.05, 3.63) is 60.3 Å². The predicted octanol–water partition coefficient (Wildman–Crippen LogP) is 3.35. The van der Waals surface area contributed by atoms with Gasteiger partial charge in [0, 0.05) is 67.5 Å². The maximum atomic E-state index is 13.4. The molecule has 1 aliphatic heterocycles. The quantitative estimate of drug-likeness (QED) is 0.313. The molecule has 0 saturated carbocycles. The Labute approximate surface area is 209 Å². The van der Waals surface area contributed by atoms with Crippen LogP contribution < -0.4 is 5.32 Å². The third kappa shape index (κ3) is 4.60. The number of pyridine rings is 1. The number of anilines is 2. The van der Waals surface area contributed by atoms with Crippen LogP contribution in [-0.2, 0) is 10.0 Å². The number of nitrogens with zero attached hydrogens (tertiary/aromatic N) is 3. The molecule has 4 aromatic rings. The largest absolute Gasteiger partial charge is 0.395 e. The van der Waals surface area contributed by atoms with Crippen LogP contribution in [0.4, 0.5) is 11.4 Å². The molecule has 0 aliphatic carbocycles. The van der Waals surface area contributed by atoms with E-state index in [1.54, 1.807) is 30.5 Å². The van der Waals surface area contributed by atoms with Gasteiger partial charge in [-0.2, -0.15) is 4.31 Å². The number of piperazine rings is 1. The highest BCUT2D eigenvalue weighted by molar-refractivity contribution is 7.89.